The van der Waals surface area contributed by atoms with E-state index in [4.69, 9.17) is 0 Å². The first-order valence-electron chi connectivity index (χ1n) is 8.29. The van der Waals surface area contributed by atoms with Crippen molar-refractivity contribution in [1.29, 1.82) is 0 Å². The van der Waals surface area contributed by atoms with E-state index in [0.29, 0.717) is 38.3 Å². The third-order valence-electron chi connectivity index (χ3n) is 5.18. The van der Waals surface area contributed by atoms with Gasteiger partial charge in [0.15, 0.2) is 0 Å². The van der Waals surface area contributed by atoms with Crippen LogP contribution in [0.3, 0.4) is 0 Å². The van der Waals surface area contributed by atoms with E-state index in [9.17, 15) is 14.7 Å². The average Bonchev–Trinajstić information content (AvgIpc) is 2.49. The van der Waals surface area contributed by atoms with Crippen molar-refractivity contribution in [3.05, 3.63) is 0 Å². The van der Waals surface area contributed by atoms with E-state index in [1.54, 1.807) is 0 Å². The number of rotatable bonds is 5. The van der Waals surface area contributed by atoms with E-state index < -0.39 is 11.4 Å². The van der Waals surface area contributed by atoms with Crippen LogP contribution in [0.5, 0.6) is 0 Å². The van der Waals surface area contributed by atoms with Gasteiger partial charge in [-0.3, -0.25) is 9.59 Å². The first-order valence-corrected chi connectivity index (χ1v) is 8.29. The summed E-state index contributed by atoms with van der Waals surface area (Å²) in [6.45, 7) is 5.26. The summed E-state index contributed by atoms with van der Waals surface area (Å²) in [5.74, 6) is 0.0349. The number of nitrogens with one attached hydrogen (secondary N) is 1. The molecule has 2 heterocycles. The van der Waals surface area contributed by atoms with Crippen LogP contribution in [-0.4, -0.2) is 48.1 Å². The number of carbonyl (C=O) groups excluding carboxylic acids is 1. The molecule has 120 valence electrons. The molecular formula is C16H28N2O3. The van der Waals surface area contributed by atoms with Gasteiger partial charge in [0.2, 0.25) is 5.91 Å². The molecule has 0 aliphatic carbocycles. The second-order valence-corrected chi connectivity index (χ2v) is 6.61. The molecular weight excluding hydrogens is 268 g/mol. The van der Waals surface area contributed by atoms with E-state index >= 15 is 0 Å². The maximum atomic E-state index is 12.4. The quantitative estimate of drug-likeness (QED) is 0.812. The van der Waals surface area contributed by atoms with Crippen molar-refractivity contribution in [2.24, 2.45) is 11.3 Å². The number of piperidine rings is 2. The monoisotopic (exact) mass is 296 g/mol. The Morgan fingerprint density at radius 3 is 2.38 bits per heavy atom. The van der Waals surface area contributed by atoms with Gasteiger partial charge in [-0.25, -0.2) is 0 Å². The molecule has 1 amide bonds. The number of aliphatic carboxylic acids is 1. The molecule has 0 spiro atoms. The van der Waals surface area contributed by atoms with Gasteiger partial charge in [-0.05, 0) is 51.1 Å². The number of carboxylic acids is 1. The molecule has 2 aliphatic heterocycles. The topological polar surface area (TPSA) is 69.6 Å². The largest absolute Gasteiger partial charge is 0.481 e. The highest BCUT2D eigenvalue weighted by molar-refractivity contribution is 5.78. The SMILES string of the molecule is CCCC1(C(=O)O)CCN(C(=O)CC2CCNCC2)CC1. The molecule has 0 aromatic rings. The van der Waals surface area contributed by atoms with E-state index in [2.05, 4.69) is 5.32 Å². The normalized spacial score (nSPS) is 23.0. The fraction of sp³-hybridized carbons (Fsp3) is 0.875. The molecule has 2 aliphatic rings. The Balaban J connectivity index is 1.84. The summed E-state index contributed by atoms with van der Waals surface area (Å²) in [5, 5.41) is 12.8. The zero-order valence-corrected chi connectivity index (χ0v) is 13.1. The molecule has 0 bridgehead atoms. The van der Waals surface area contributed by atoms with Crippen LogP contribution in [0.2, 0.25) is 0 Å². The minimum absolute atomic E-state index is 0.220. The van der Waals surface area contributed by atoms with Crippen LogP contribution in [0.1, 0.15) is 51.9 Å². The molecule has 2 N–H and O–H groups in total. The fourth-order valence-corrected chi connectivity index (χ4v) is 3.70. The van der Waals surface area contributed by atoms with Crippen molar-refractivity contribution in [2.45, 2.75) is 51.9 Å². The minimum Gasteiger partial charge on any atom is -0.481 e. The maximum Gasteiger partial charge on any atom is 0.309 e. The smallest absolute Gasteiger partial charge is 0.309 e. The predicted octanol–water partition coefficient (Wildman–Crippen LogP) is 1.87. The van der Waals surface area contributed by atoms with Crippen LogP contribution < -0.4 is 5.32 Å². The highest BCUT2D eigenvalue weighted by Crippen LogP contribution is 2.36. The van der Waals surface area contributed by atoms with Crippen LogP contribution in [-0.2, 0) is 9.59 Å². The number of carbonyl (C=O) groups is 2. The van der Waals surface area contributed by atoms with Gasteiger partial charge in [0.1, 0.15) is 0 Å². The van der Waals surface area contributed by atoms with Crippen LogP contribution >= 0.6 is 0 Å². The second kappa shape index (κ2) is 7.25. The van der Waals surface area contributed by atoms with E-state index in [-0.39, 0.29) is 5.91 Å². The predicted molar refractivity (Wildman–Crippen MR) is 81.0 cm³/mol. The van der Waals surface area contributed by atoms with E-state index in [0.717, 1.165) is 38.8 Å². The van der Waals surface area contributed by atoms with Gasteiger partial charge >= 0.3 is 5.97 Å². The van der Waals surface area contributed by atoms with Crippen LogP contribution in [0.4, 0.5) is 0 Å². The molecule has 2 fully saturated rings. The van der Waals surface area contributed by atoms with Gasteiger partial charge in [0.05, 0.1) is 5.41 Å². The number of hydrogen-bond donors (Lipinski definition) is 2. The van der Waals surface area contributed by atoms with Gasteiger partial charge in [-0.2, -0.15) is 0 Å². The van der Waals surface area contributed by atoms with Gasteiger partial charge in [-0.1, -0.05) is 13.3 Å². The molecule has 0 aromatic carbocycles. The Kier molecular flexibility index (Phi) is 5.62. The molecule has 0 atom stereocenters. The molecule has 21 heavy (non-hydrogen) atoms. The van der Waals surface area contributed by atoms with Gasteiger partial charge in [-0.15, -0.1) is 0 Å². The minimum atomic E-state index is -0.685. The summed E-state index contributed by atoms with van der Waals surface area (Å²) in [6, 6.07) is 0. The summed E-state index contributed by atoms with van der Waals surface area (Å²) < 4.78 is 0. The molecule has 0 radical (unpaired) electrons. The third-order valence-corrected chi connectivity index (χ3v) is 5.18. The Morgan fingerprint density at radius 1 is 1.24 bits per heavy atom. The number of nitrogens with zero attached hydrogens (tertiary/aromatic N) is 1. The highest BCUT2D eigenvalue weighted by Gasteiger charge is 2.41. The molecule has 5 heteroatoms. The number of amides is 1. The maximum absolute atomic E-state index is 12.4. The lowest BCUT2D eigenvalue weighted by Gasteiger charge is -2.39. The first-order chi connectivity index (χ1) is 10.1. The lowest BCUT2D eigenvalue weighted by Crippen LogP contribution is -2.47. The second-order valence-electron chi connectivity index (χ2n) is 6.61. The number of likely N-dealkylation sites (tertiary alicyclic amines) is 1. The Bertz CT molecular complexity index is 370. The lowest BCUT2D eigenvalue weighted by molar-refractivity contribution is -0.155. The van der Waals surface area contributed by atoms with Gasteiger partial charge < -0.3 is 15.3 Å². The third kappa shape index (κ3) is 3.96. The van der Waals surface area contributed by atoms with Crippen LogP contribution in [0.25, 0.3) is 0 Å². The van der Waals surface area contributed by atoms with Crippen LogP contribution in [0.15, 0.2) is 0 Å². The van der Waals surface area contributed by atoms with Crippen molar-refractivity contribution in [2.75, 3.05) is 26.2 Å². The molecule has 0 saturated carbocycles. The Morgan fingerprint density at radius 2 is 1.86 bits per heavy atom. The summed E-state index contributed by atoms with van der Waals surface area (Å²) in [6.07, 6.45) is 5.61. The van der Waals surface area contributed by atoms with Gasteiger partial charge in [0.25, 0.3) is 0 Å². The van der Waals surface area contributed by atoms with Crippen molar-refractivity contribution in [1.82, 2.24) is 10.2 Å². The summed E-state index contributed by atoms with van der Waals surface area (Å²) in [4.78, 5) is 25.8. The summed E-state index contributed by atoms with van der Waals surface area (Å²) in [5.41, 5.74) is -0.597. The van der Waals surface area contributed by atoms with Crippen LogP contribution in [0, 0.1) is 11.3 Å². The van der Waals surface area contributed by atoms with E-state index in [1.165, 1.54) is 0 Å². The highest BCUT2D eigenvalue weighted by atomic mass is 16.4. The molecule has 0 aromatic heterocycles. The van der Waals surface area contributed by atoms with Crippen molar-refractivity contribution >= 4 is 11.9 Å². The molecule has 2 rings (SSSR count). The number of carboxylic acid groups (broad SMARTS) is 1. The van der Waals surface area contributed by atoms with Gasteiger partial charge in [0, 0.05) is 19.5 Å². The zero-order valence-electron chi connectivity index (χ0n) is 13.1. The lowest BCUT2D eigenvalue weighted by atomic mass is 9.75. The average molecular weight is 296 g/mol. The Hall–Kier alpha value is -1.10. The molecule has 2 saturated heterocycles. The summed E-state index contributed by atoms with van der Waals surface area (Å²) in [7, 11) is 0. The molecule has 0 unspecified atom stereocenters. The standard InChI is InChI=1S/C16H28N2O3/c1-2-5-16(15(20)21)6-10-18(11-7-16)14(19)12-13-3-8-17-9-4-13/h13,17H,2-12H2,1H3,(H,20,21). The summed E-state index contributed by atoms with van der Waals surface area (Å²) >= 11 is 0. The molecule has 5 nitrogen and oxygen atoms in total. The fourth-order valence-electron chi connectivity index (χ4n) is 3.70. The number of hydrogen-bond acceptors (Lipinski definition) is 3. The first kappa shape index (κ1) is 16.3. The zero-order chi connectivity index (χ0) is 15.3. The van der Waals surface area contributed by atoms with Crippen molar-refractivity contribution in [3.63, 3.8) is 0 Å². The Labute approximate surface area is 127 Å². The van der Waals surface area contributed by atoms with Crippen molar-refractivity contribution in [3.8, 4) is 0 Å². The van der Waals surface area contributed by atoms with E-state index in [1.807, 2.05) is 11.8 Å². The van der Waals surface area contributed by atoms with Crippen molar-refractivity contribution < 1.29 is 14.7 Å².